The average molecular weight is 221 g/mol. The second-order valence-corrected chi connectivity index (χ2v) is 4.36. The second kappa shape index (κ2) is 4.70. The van der Waals surface area contributed by atoms with Crippen molar-refractivity contribution in [3.8, 4) is 0 Å². The molecular formula is C12H19N3O. The van der Waals surface area contributed by atoms with E-state index in [1.807, 2.05) is 25.1 Å². The second-order valence-electron chi connectivity index (χ2n) is 4.36. The van der Waals surface area contributed by atoms with Crippen LogP contribution in [-0.2, 0) is 0 Å². The van der Waals surface area contributed by atoms with Crippen LogP contribution >= 0.6 is 0 Å². The minimum atomic E-state index is -0.127. The number of hydrogen-bond acceptors (Lipinski definition) is 4. The maximum absolute atomic E-state index is 9.36. The van der Waals surface area contributed by atoms with Gasteiger partial charge in [-0.15, -0.1) is 0 Å². The minimum Gasteiger partial charge on any atom is -0.394 e. The first-order valence-electron chi connectivity index (χ1n) is 5.88. The summed E-state index contributed by atoms with van der Waals surface area (Å²) in [4.78, 5) is 4.44. The smallest absolute Gasteiger partial charge is 0.128 e. The fourth-order valence-electron chi connectivity index (χ4n) is 1.98. The lowest BCUT2D eigenvalue weighted by atomic mass is 9.77. The van der Waals surface area contributed by atoms with E-state index in [1.54, 1.807) is 0 Å². The summed E-state index contributed by atoms with van der Waals surface area (Å²) < 4.78 is 0. The van der Waals surface area contributed by atoms with Crippen molar-refractivity contribution in [3.63, 3.8) is 0 Å². The summed E-state index contributed by atoms with van der Waals surface area (Å²) in [5.41, 5.74) is -0.127. The van der Waals surface area contributed by atoms with Gasteiger partial charge in [0, 0.05) is 6.54 Å². The van der Waals surface area contributed by atoms with Crippen LogP contribution in [0.15, 0.2) is 18.2 Å². The zero-order valence-corrected chi connectivity index (χ0v) is 9.66. The highest BCUT2D eigenvalue weighted by Crippen LogP contribution is 2.34. The lowest BCUT2D eigenvalue weighted by Crippen LogP contribution is -2.48. The predicted octanol–water partition coefficient (Wildman–Crippen LogP) is 1.84. The highest BCUT2D eigenvalue weighted by atomic mass is 16.3. The molecule has 0 radical (unpaired) electrons. The van der Waals surface area contributed by atoms with Gasteiger partial charge in [0.1, 0.15) is 11.6 Å². The molecule has 4 nitrogen and oxygen atoms in total. The Kier molecular flexibility index (Phi) is 3.29. The number of hydrogen-bond donors (Lipinski definition) is 3. The molecule has 0 spiro atoms. The minimum absolute atomic E-state index is 0.127. The molecule has 0 unspecified atom stereocenters. The summed E-state index contributed by atoms with van der Waals surface area (Å²) in [6.45, 7) is 3.09. The van der Waals surface area contributed by atoms with Gasteiger partial charge in [-0.3, -0.25) is 0 Å². The first-order valence-corrected chi connectivity index (χ1v) is 5.88. The van der Waals surface area contributed by atoms with E-state index < -0.39 is 0 Å². The zero-order chi connectivity index (χ0) is 11.4. The summed E-state index contributed by atoms with van der Waals surface area (Å²) in [5.74, 6) is 1.71. The molecule has 4 heteroatoms. The van der Waals surface area contributed by atoms with Gasteiger partial charge in [0.05, 0.1) is 12.1 Å². The maximum atomic E-state index is 9.36. The fourth-order valence-corrected chi connectivity index (χ4v) is 1.98. The van der Waals surface area contributed by atoms with Crippen molar-refractivity contribution >= 4 is 11.6 Å². The van der Waals surface area contributed by atoms with Gasteiger partial charge < -0.3 is 15.7 Å². The van der Waals surface area contributed by atoms with Crippen LogP contribution in [-0.4, -0.2) is 28.8 Å². The van der Waals surface area contributed by atoms with E-state index in [9.17, 15) is 5.11 Å². The molecule has 1 aromatic rings. The van der Waals surface area contributed by atoms with Crippen LogP contribution in [0.2, 0.25) is 0 Å². The fraction of sp³-hybridized carbons (Fsp3) is 0.583. The molecule has 88 valence electrons. The van der Waals surface area contributed by atoms with Gasteiger partial charge in [-0.1, -0.05) is 6.07 Å². The number of nitrogens with one attached hydrogen (secondary N) is 2. The molecule has 1 aliphatic rings. The summed E-state index contributed by atoms with van der Waals surface area (Å²) in [5, 5.41) is 15.9. The van der Waals surface area contributed by atoms with E-state index in [4.69, 9.17) is 0 Å². The van der Waals surface area contributed by atoms with E-state index in [0.717, 1.165) is 31.0 Å². The Bertz CT molecular complexity index is 344. The van der Waals surface area contributed by atoms with E-state index in [2.05, 4.69) is 15.6 Å². The van der Waals surface area contributed by atoms with Gasteiger partial charge in [0.2, 0.25) is 0 Å². The number of pyridine rings is 1. The van der Waals surface area contributed by atoms with Gasteiger partial charge in [-0.05, 0) is 38.3 Å². The number of rotatable bonds is 5. The van der Waals surface area contributed by atoms with Crippen LogP contribution in [0.5, 0.6) is 0 Å². The van der Waals surface area contributed by atoms with E-state index in [-0.39, 0.29) is 12.1 Å². The van der Waals surface area contributed by atoms with Gasteiger partial charge >= 0.3 is 0 Å². The Labute approximate surface area is 96.1 Å². The molecule has 16 heavy (non-hydrogen) atoms. The molecule has 1 saturated carbocycles. The highest BCUT2D eigenvalue weighted by Gasteiger charge is 2.36. The summed E-state index contributed by atoms with van der Waals surface area (Å²) in [6.07, 6.45) is 3.23. The standard InChI is InChI=1S/C12H19N3O/c1-2-13-10-5-3-6-11(14-10)15-12(9-16)7-4-8-12/h3,5-6,16H,2,4,7-9H2,1H3,(H2,13,14,15). The van der Waals surface area contributed by atoms with Crippen molar-refractivity contribution in [2.75, 3.05) is 23.8 Å². The van der Waals surface area contributed by atoms with Crippen molar-refractivity contribution in [3.05, 3.63) is 18.2 Å². The SMILES string of the molecule is CCNc1cccc(NC2(CO)CCC2)n1. The van der Waals surface area contributed by atoms with Crippen molar-refractivity contribution < 1.29 is 5.11 Å². The molecule has 0 amide bonds. The zero-order valence-electron chi connectivity index (χ0n) is 9.66. The van der Waals surface area contributed by atoms with Crippen LogP contribution in [0.4, 0.5) is 11.6 Å². The monoisotopic (exact) mass is 221 g/mol. The third-order valence-electron chi connectivity index (χ3n) is 3.11. The molecular weight excluding hydrogens is 202 g/mol. The summed E-state index contributed by atoms with van der Waals surface area (Å²) in [6, 6.07) is 5.86. The first-order chi connectivity index (χ1) is 7.78. The van der Waals surface area contributed by atoms with Gasteiger partial charge in [0.25, 0.3) is 0 Å². The highest BCUT2D eigenvalue weighted by molar-refractivity contribution is 5.47. The molecule has 2 rings (SSSR count). The predicted molar refractivity (Wildman–Crippen MR) is 65.7 cm³/mol. The number of nitrogens with zero attached hydrogens (tertiary/aromatic N) is 1. The Hall–Kier alpha value is -1.29. The van der Waals surface area contributed by atoms with Gasteiger partial charge in [-0.2, -0.15) is 0 Å². The third kappa shape index (κ3) is 2.27. The molecule has 1 aliphatic carbocycles. The van der Waals surface area contributed by atoms with Crippen molar-refractivity contribution in [1.82, 2.24) is 4.98 Å². The quantitative estimate of drug-likeness (QED) is 0.710. The molecule has 1 aromatic heterocycles. The van der Waals surface area contributed by atoms with Crippen LogP contribution < -0.4 is 10.6 Å². The number of aromatic nitrogens is 1. The van der Waals surface area contributed by atoms with Crippen LogP contribution in [0.1, 0.15) is 26.2 Å². The molecule has 0 atom stereocenters. The van der Waals surface area contributed by atoms with E-state index in [0.29, 0.717) is 0 Å². The molecule has 0 saturated heterocycles. The lowest BCUT2D eigenvalue weighted by Gasteiger charge is -2.41. The normalized spacial score (nSPS) is 17.6. The van der Waals surface area contributed by atoms with Crippen molar-refractivity contribution in [1.29, 1.82) is 0 Å². The van der Waals surface area contributed by atoms with Crippen LogP contribution in [0.25, 0.3) is 0 Å². The molecule has 0 aliphatic heterocycles. The van der Waals surface area contributed by atoms with Crippen molar-refractivity contribution in [2.24, 2.45) is 0 Å². The van der Waals surface area contributed by atoms with E-state index in [1.165, 1.54) is 6.42 Å². The average Bonchev–Trinajstić information content (AvgIpc) is 2.25. The Balaban J connectivity index is 2.05. The van der Waals surface area contributed by atoms with Gasteiger partial charge in [0.15, 0.2) is 0 Å². The van der Waals surface area contributed by atoms with Crippen LogP contribution in [0.3, 0.4) is 0 Å². The Morgan fingerprint density at radius 2 is 2.12 bits per heavy atom. The molecule has 1 heterocycles. The largest absolute Gasteiger partial charge is 0.394 e. The van der Waals surface area contributed by atoms with Crippen LogP contribution in [0, 0.1) is 0 Å². The molecule has 0 aromatic carbocycles. The third-order valence-corrected chi connectivity index (χ3v) is 3.11. The number of aliphatic hydroxyl groups is 1. The molecule has 3 N–H and O–H groups in total. The lowest BCUT2D eigenvalue weighted by molar-refractivity contribution is 0.144. The number of anilines is 2. The van der Waals surface area contributed by atoms with E-state index >= 15 is 0 Å². The molecule has 1 fully saturated rings. The van der Waals surface area contributed by atoms with Gasteiger partial charge in [-0.25, -0.2) is 4.98 Å². The Morgan fingerprint density at radius 3 is 2.69 bits per heavy atom. The molecule has 0 bridgehead atoms. The number of aliphatic hydroxyl groups excluding tert-OH is 1. The Morgan fingerprint density at radius 1 is 1.38 bits per heavy atom. The first kappa shape index (κ1) is 11.2. The topological polar surface area (TPSA) is 57.2 Å². The van der Waals surface area contributed by atoms with Crippen molar-refractivity contribution in [2.45, 2.75) is 31.7 Å². The maximum Gasteiger partial charge on any atom is 0.128 e. The summed E-state index contributed by atoms with van der Waals surface area (Å²) in [7, 11) is 0. The summed E-state index contributed by atoms with van der Waals surface area (Å²) >= 11 is 0.